The van der Waals surface area contributed by atoms with Crippen LogP contribution in [0, 0.1) is 5.92 Å². The molecule has 0 radical (unpaired) electrons. The number of rotatable bonds is 4. The molecule has 0 aromatic carbocycles. The van der Waals surface area contributed by atoms with E-state index in [2.05, 4.69) is 15.7 Å². The molecule has 3 rings (SSSR count). The highest BCUT2D eigenvalue weighted by Gasteiger charge is 2.48. The molecule has 0 saturated carbocycles. The highest BCUT2D eigenvalue weighted by atomic mass is 16.5. The summed E-state index contributed by atoms with van der Waals surface area (Å²) in [6.45, 7) is 3.45. The summed E-state index contributed by atoms with van der Waals surface area (Å²) < 4.78 is 7.44. The molecule has 1 aromatic heterocycles. The molecule has 3 heterocycles. The van der Waals surface area contributed by atoms with Gasteiger partial charge in [-0.3, -0.25) is 9.48 Å². The Balaban J connectivity index is 1.48. The Labute approximate surface area is 112 Å². The zero-order chi connectivity index (χ0) is 13.3. The molecular formula is C13H20N4O2. The van der Waals surface area contributed by atoms with E-state index < -0.39 is 0 Å². The van der Waals surface area contributed by atoms with E-state index in [-0.39, 0.29) is 11.5 Å². The standard InChI is InChI=1S/C13H20N4O2/c1-17-11(3-6-16-17)12(18)15-5-2-10-4-7-19-13(10)8-14-9-13/h3,6,10,14H,2,4-5,7-9H2,1H3,(H,15,18). The average Bonchev–Trinajstić information content (AvgIpc) is 2.94. The maximum atomic E-state index is 11.9. The SMILES string of the molecule is Cn1nccc1C(=O)NCCC1CCOC12CNC2. The third-order valence-corrected chi connectivity index (χ3v) is 4.28. The van der Waals surface area contributed by atoms with Gasteiger partial charge >= 0.3 is 0 Å². The molecule has 1 atom stereocenters. The first-order valence-electron chi connectivity index (χ1n) is 6.82. The second-order valence-corrected chi connectivity index (χ2v) is 5.39. The minimum Gasteiger partial charge on any atom is -0.372 e. The lowest BCUT2D eigenvalue weighted by Crippen LogP contribution is -2.62. The van der Waals surface area contributed by atoms with Gasteiger partial charge < -0.3 is 15.4 Å². The monoisotopic (exact) mass is 264 g/mol. The summed E-state index contributed by atoms with van der Waals surface area (Å²) in [6, 6.07) is 1.73. The Bertz CT molecular complexity index is 467. The van der Waals surface area contributed by atoms with Crippen LogP contribution >= 0.6 is 0 Å². The van der Waals surface area contributed by atoms with Crippen molar-refractivity contribution >= 4 is 5.91 Å². The molecule has 19 heavy (non-hydrogen) atoms. The van der Waals surface area contributed by atoms with E-state index in [1.54, 1.807) is 24.0 Å². The lowest BCUT2D eigenvalue weighted by molar-refractivity contribution is -0.0626. The fourth-order valence-electron chi connectivity index (χ4n) is 3.00. The summed E-state index contributed by atoms with van der Waals surface area (Å²) >= 11 is 0. The average molecular weight is 264 g/mol. The predicted octanol–water partition coefficient (Wildman–Crippen LogP) is -0.0815. The molecule has 2 fully saturated rings. The summed E-state index contributed by atoms with van der Waals surface area (Å²) in [7, 11) is 1.77. The van der Waals surface area contributed by atoms with E-state index in [1.165, 1.54) is 0 Å². The van der Waals surface area contributed by atoms with Crippen LogP contribution in [0.25, 0.3) is 0 Å². The van der Waals surface area contributed by atoms with E-state index in [9.17, 15) is 4.79 Å². The molecular weight excluding hydrogens is 244 g/mol. The Kier molecular flexibility index (Phi) is 3.28. The molecule has 6 heteroatoms. The number of aromatic nitrogens is 2. The largest absolute Gasteiger partial charge is 0.372 e. The zero-order valence-electron chi connectivity index (χ0n) is 11.2. The van der Waals surface area contributed by atoms with Gasteiger partial charge in [-0.2, -0.15) is 5.10 Å². The van der Waals surface area contributed by atoms with E-state index >= 15 is 0 Å². The van der Waals surface area contributed by atoms with Crippen LogP contribution in [-0.4, -0.2) is 47.5 Å². The number of nitrogens with zero attached hydrogens (tertiary/aromatic N) is 2. The van der Waals surface area contributed by atoms with Gasteiger partial charge in [-0.25, -0.2) is 0 Å². The van der Waals surface area contributed by atoms with Crippen molar-refractivity contribution in [2.45, 2.75) is 18.4 Å². The van der Waals surface area contributed by atoms with Crippen molar-refractivity contribution in [1.29, 1.82) is 0 Å². The van der Waals surface area contributed by atoms with Gasteiger partial charge in [-0.1, -0.05) is 0 Å². The first kappa shape index (κ1) is 12.6. The fourth-order valence-corrected chi connectivity index (χ4v) is 3.00. The molecule has 0 bridgehead atoms. The molecule has 2 aliphatic rings. The number of ether oxygens (including phenoxy) is 1. The Morgan fingerprint density at radius 3 is 3.16 bits per heavy atom. The van der Waals surface area contributed by atoms with Crippen molar-refractivity contribution in [3.8, 4) is 0 Å². The molecule has 6 nitrogen and oxygen atoms in total. The minimum absolute atomic E-state index is 0.0528. The molecule has 2 aliphatic heterocycles. The van der Waals surface area contributed by atoms with Gasteiger partial charge in [-0.15, -0.1) is 0 Å². The summed E-state index contributed by atoms with van der Waals surface area (Å²) in [6.07, 6.45) is 3.71. The molecule has 1 aromatic rings. The van der Waals surface area contributed by atoms with Crippen molar-refractivity contribution in [3.05, 3.63) is 18.0 Å². The van der Waals surface area contributed by atoms with Crippen LogP contribution in [0.5, 0.6) is 0 Å². The maximum Gasteiger partial charge on any atom is 0.269 e. The number of hydrogen-bond acceptors (Lipinski definition) is 4. The van der Waals surface area contributed by atoms with E-state index in [0.717, 1.165) is 32.5 Å². The summed E-state index contributed by atoms with van der Waals surface area (Å²) in [4.78, 5) is 11.9. The first-order chi connectivity index (χ1) is 9.21. The normalized spacial score (nSPS) is 24.4. The third-order valence-electron chi connectivity index (χ3n) is 4.28. The second-order valence-electron chi connectivity index (χ2n) is 5.39. The second kappa shape index (κ2) is 4.94. The smallest absolute Gasteiger partial charge is 0.269 e. The molecule has 1 spiro atoms. The minimum atomic E-state index is -0.0558. The molecule has 104 valence electrons. The zero-order valence-corrected chi connectivity index (χ0v) is 11.2. The number of carbonyl (C=O) groups excluding carboxylic acids is 1. The number of hydrogen-bond donors (Lipinski definition) is 2. The Morgan fingerprint density at radius 1 is 1.68 bits per heavy atom. The molecule has 2 saturated heterocycles. The highest BCUT2D eigenvalue weighted by molar-refractivity contribution is 5.92. The van der Waals surface area contributed by atoms with E-state index in [1.807, 2.05) is 0 Å². The van der Waals surface area contributed by atoms with Crippen LogP contribution in [-0.2, 0) is 11.8 Å². The molecule has 1 amide bonds. The summed E-state index contributed by atoms with van der Waals surface area (Å²) in [5.41, 5.74) is 0.653. The topological polar surface area (TPSA) is 68.2 Å². The summed E-state index contributed by atoms with van der Waals surface area (Å²) in [5.74, 6) is 0.500. The van der Waals surface area contributed by atoms with Crippen molar-refractivity contribution in [3.63, 3.8) is 0 Å². The van der Waals surface area contributed by atoms with Gasteiger partial charge in [0.15, 0.2) is 0 Å². The Hall–Kier alpha value is -1.40. The molecule has 1 unspecified atom stereocenters. The van der Waals surface area contributed by atoms with Gasteiger partial charge in [0.05, 0.1) is 5.60 Å². The van der Waals surface area contributed by atoms with Gasteiger partial charge in [0.25, 0.3) is 5.91 Å². The number of aryl methyl sites for hydroxylation is 1. The van der Waals surface area contributed by atoms with Gasteiger partial charge in [-0.05, 0) is 24.8 Å². The van der Waals surface area contributed by atoms with Crippen molar-refractivity contribution in [2.24, 2.45) is 13.0 Å². The number of amides is 1. The van der Waals surface area contributed by atoms with Crippen molar-refractivity contribution < 1.29 is 9.53 Å². The van der Waals surface area contributed by atoms with Crippen LogP contribution in [0.4, 0.5) is 0 Å². The van der Waals surface area contributed by atoms with Crippen molar-refractivity contribution in [1.82, 2.24) is 20.4 Å². The quantitative estimate of drug-likeness (QED) is 0.798. The maximum absolute atomic E-state index is 11.9. The third kappa shape index (κ3) is 2.26. The van der Waals surface area contributed by atoms with Crippen LogP contribution in [0.3, 0.4) is 0 Å². The number of nitrogens with one attached hydrogen (secondary N) is 2. The predicted molar refractivity (Wildman–Crippen MR) is 69.8 cm³/mol. The van der Waals surface area contributed by atoms with Gasteiger partial charge in [0.2, 0.25) is 0 Å². The van der Waals surface area contributed by atoms with Gasteiger partial charge in [0, 0.05) is 39.5 Å². The van der Waals surface area contributed by atoms with Crippen LogP contribution in [0.2, 0.25) is 0 Å². The molecule has 0 aliphatic carbocycles. The van der Waals surface area contributed by atoms with Crippen LogP contribution in [0.15, 0.2) is 12.3 Å². The molecule has 2 N–H and O–H groups in total. The Morgan fingerprint density at radius 2 is 2.53 bits per heavy atom. The van der Waals surface area contributed by atoms with Crippen molar-refractivity contribution in [2.75, 3.05) is 26.2 Å². The van der Waals surface area contributed by atoms with E-state index in [0.29, 0.717) is 18.2 Å². The first-order valence-corrected chi connectivity index (χ1v) is 6.82. The van der Waals surface area contributed by atoms with E-state index in [4.69, 9.17) is 4.74 Å². The van der Waals surface area contributed by atoms with Crippen LogP contribution < -0.4 is 10.6 Å². The lowest BCUT2D eigenvalue weighted by Gasteiger charge is -2.43. The highest BCUT2D eigenvalue weighted by Crippen LogP contribution is 2.37. The number of carbonyl (C=O) groups is 1. The van der Waals surface area contributed by atoms with Crippen LogP contribution in [0.1, 0.15) is 23.3 Å². The lowest BCUT2D eigenvalue weighted by atomic mass is 9.80. The van der Waals surface area contributed by atoms with Gasteiger partial charge in [0.1, 0.15) is 5.69 Å². The summed E-state index contributed by atoms with van der Waals surface area (Å²) in [5, 5.41) is 10.2. The fraction of sp³-hybridized carbons (Fsp3) is 0.692.